The summed E-state index contributed by atoms with van der Waals surface area (Å²) in [5.74, 6) is 0.745. The maximum atomic E-state index is 12.4. The third-order valence-electron chi connectivity index (χ3n) is 4.32. The number of rotatable bonds is 3. The number of carbonyl (C=O) groups is 1. The third kappa shape index (κ3) is 2.74. The summed E-state index contributed by atoms with van der Waals surface area (Å²) in [7, 11) is 3.62. The van der Waals surface area contributed by atoms with E-state index in [1.165, 1.54) is 0 Å². The number of ether oxygens (including phenoxy) is 1. The summed E-state index contributed by atoms with van der Waals surface area (Å²) in [5.41, 5.74) is 3.46. The van der Waals surface area contributed by atoms with Crippen molar-refractivity contribution in [1.29, 1.82) is 0 Å². The minimum atomic E-state index is -0.273. The minimum absolute atomic E-state index is 0.0716. The molecule has 5 nitrogen and oxygen atoms in total. The number of amides is 1. The van der Waals surface area contributed by atoms with Crippen molar-refractivity contribution in [1.82, 2.24) is 10.3 Å². The van der Waals surface area contributed by atoms with Crippen LogP contribution in [0.15, 0.2) is 53.9 Å². The molecule has 0 saturated carbocycles. The van der Waals surface area contributed by atoms with E-state index in [2.05, 4.69) is 5.32 Å². The Kier molecular flexibility index (Phi) is 3.89. The van der Waals surface area contributed by atoms with Crippen LogP contribution in [0.2, 0.25) is 0 Å². The summed E-state index contributed by atoms with van der Waals surface area (Å²) >= 11 is 1.56. The molecule has 0 radical (unpaired) electrons. The molecule has 1 amide bonds. The molecule has 1 N–H and O–H groups in total. The Hall–Kier alpha value is -2.86. The van der Waals surface area contributed by atoms with Gasteiger partial charge >= 0.3 is 0 Å². The van der Waals surface area contributed by atoms with Crippen LogP contribution in [0.4, 0.5) is 5.69 Å². The molecular formula is C19H17N3O2S. The molecule has 0 fully saturated rings. The van der Waals surface area contributed by atoms with E-state index in [0.717, 1.165) is 27.7 Å². The molecular weight excluding hydrogens is 334 g/mol. The Morgan fingerprint density at radius 1 is 1.16 bits per heavy atom. The van der Waals surface area contributed by atoms with Crippen LogP contribution in [0, 0.1) is 0 Å². The smallest absolute Gasteiger partial charge is 0.255 e. The first kappa shape index (κ1) is 15.7. The number of nitrogens with zero attached hydrogens (tertiary/aromatic N) is 2. The molecule has 0 bridgehead atoms. The second-order valence-corrected chi connectivity index (χ2v) is 6.67. The Balaban J connectivity index is 1.65. The van der Waals surface area contributed by atoms with Crippen LogP contribution < -0.4 is 15.0 Å². The maximum Gasteiger partial charge on any atom is 0.255 e. The molecule has 4 rings (SSSR count). The lowest BCUT2D eigenvalue weighted by atomic mass is 10.1. The van der Waals surface area contributed by atoms with Crippen LogP contribution in [-0.2, 0) is 0 Å². The van der Waals surface area contributed by atoms with Crippen LogP contribution >= 0.6 is 11.3 Å². The van der Waals surface area contributed by atoms with E-state index in [-0.39, 0.29) is 12.1 Å². The van der Waals surface area contributed by atoms with Gasteiger partial charge in [0.25, 0.3) is 5.91 Å². The second-order valence-electron chi connectivity index (χ2n) is 5.81. The molecule has 25 heavy (non-hydrogen) atoms. The summed E-state index contributed by atoms with van der Waals surface area (Å²) in [6, 6.07) is 15.4. The van der Waals surface area contributed by atoms with Crippen molar-refractivity contribution in [2.75, 3.05) is 19.1 Å². The number of benzene rings is 2. The van der Waals surface area contributed by atoms with E-state index >= 15 is 0 Å². The van der Waals surface area contributed by atoms with Crippen molar-refractivity contribution in [2.45, 2.75) is 6.17 Å². The molecule has 1 aliphatic heterocycles. The van der Waals surface area contributed by atoms with Crippen LogP contribution in [0.5, 0.6) is 5.75 Å². The van der Waals surface area contributed by atoms with Gasteiger partial charge in [0.05, 0.1) is 24.1 Å². The zero-order valence-electron chi connectivity index (χ0n) is 13.9. The van der Waals surface area contributed by atoms with Gasteiger partial charge in [0.15, 0.2) is 0 Å². The SMILES string of the molecule is COc1ccc(-c2nc(C3NC(=O)c4ccccc4N3C)cs2)cc1. The van der Waals surface area contributed by atoms with Crippen LogP contribution in [0.1, 0.15) is 22.2 Å². The number of nitrogens with one attached hydrogen (secondary N) is 1. The summed E-state index contributed by atoms with van der Waals surface area (Å²) in [6.07, 6.45) is -0.273. The van der Waals surface area contributed by atoms with Crippen molar-refractivity contribution in [3.63, 3.8) is 0 Å². The molecule has 6 heteroatoms. The first-order valence-corrected chi connectivity index (χ1v) is 8.78. The van der Waals surface area contributed by atoms with Gasteiger partial charge in [-0.05, 0) is 36.4 Å². The highest BCUT2D eigenvalue weighted by Gasteiger charge is 2.30. The van der Waals surface area contributed by atoms with Gasteiger partial charge < -0.3 is 15.0 Å². The zero-order valence-corrected chi connectivity index (χ0v) is 14.7. The van der Waals surface area contributed by atoms with Gasteiger partial charge in [-0.2, -0.15) is 0 Å². The van der Waals surface area contributed by atoms with Crippen LogP contribution in [0.3, 0.4) is 0 Å². The Morgan fingerprint density at radius 2 is 1.92 bits per heavy atom. The summed E-state index contributed by atoms with van der Waals surface area (Å²) < 4.78 is 5.19. The number of carbonyl (C=O) groups excluding carboxylic acids is 1. The molecule has 1 unspecified atom stereocenters. The topological polar surface area (TPSA) is 54.5 Å². The number of methoxy groups -OCH3 is 1. The first-order chi connectivity index (χ1) is 12.2. The fourth-order valence-corrected chi connectivity index (χ4v) is 3.81. The van der Waals surface area contributed by atoms with E-state index in [9.17, 15) is 4.79 Å². The van der Waals surface area contributed by atoms with Gasteiger partial charge in [-0.25, -0.2) is 4.98 Å². The highest BCUT2D eigenvalue weighted by molar-refractivity contribution is 7.13. The maximum absolute atomic E-state index is 12.4. The Morgan fingerprint density at radius 3 is 2.68 bits per heavy atom. The van der Waals surface area contributed by atoms with Crippen molar-refractivity contribution < 1.29 is 9.53 Å². The number of hydrogen-bond donors (Lipinski definition) is 1. The monoisotopic (exact) mass is 351 g/mol. The van der Waals surface area contributed by atoms with Crippen molar-refractivity contribution >= 4 is 22.9 Å². The highest BCUT2D eigenvalue weighted by atomic mass is 32.1. The fourth-order valence-electron chi connectivity index (χ4n) is 2.96. The van der Waals surface area contributed by atoms with E-state index in [1.54, 1.807) is 18.4 Å². The number of hydrogen-bond acceptors (Lipinski definition) is 5. The van der Waals surface area contributed by atoms with E-state index in [0.29, 0.717) is 5.56 Å². The summed E-state index contributed by atoms with van der Waals surface area (Å²) in [4.78, 5) is 19.2. The van der Waals surface area contributed by atoms with Gasteiger partial charge in [-0.1, -0.05) is 12.1 Å². The van der Waals surface area contributed by atoms with Gasteiger partial charge in [-0.3, -0.25) is 4.79 Å². The molecule has 1 atom stereocenters. The van der Waals surface area contributed by atoms with Crippen molar-refractivity contribution in [3.8, 4) is 16.3 Å². The summed E-state index contributed by atoms with van der Waals surface area (Å²) in [6.45, 7) is 0. The van der Waals surface area contributed by atoms with Gasteiger partial charge in [-0.15, -0.1) is 11.3 Å². The molecule has 0 aliphatic carbocycles. The van der Waals surface area contributed by atoms with Gasteiger partial charge in [0, 0.05) is 18.0 Å². The zero-order chi connectivity index (χ0) is 17.4. The number of anilines is 1. The van der Waals surface area contributed by atoms with E-state index in [4.69, 9.17) is 9.72 Å². The van der Waals surface area contributed by atoms with Gasteiger partial charge in [0.1, 0.15) is 16.9 Å². The molecule has 126 valence electrons. The molecule has 0 saturated heterocycles. The normalized spacial score (nSPS) is 16.3. The first-order valence-electron chi connectivity index (χ1n) is 7.90. The predicted octanol–water partition coefficient (Wildman–Crippen LogP) is 3.70. The largest absolute Gasteiger partial charge is 0.497 e. The average molecular weight is 351 g/mol. The number of aromatic nitrogens is 1. The third-order valence-corrected chi connectivity index (χ3v) is 5.23. The average Bonchev–Trinajstić information content (AvgIpc) is 3.15. The molecule has 1 aromatic heterocycles. The fraction of sp³-hybridized carbons (Fsp3) is 0.158. The minimum Gasteiger partial charge on any atom is -0.497 e. The predicted molar refractivity (Wildman–Crippen MR) is 99.2 cm³/mol. The van der Waals surface area contributed by atoms with E-state index < -0.39 is 0 Å². The molecule has 1 aliphatic rings. The van der Waals surface area contributed by atoms with Crippen LogP contribution in [-0.4, -0.2) is 25.0 Å². The quantitative estimate of drug-likeness (QED) is 0.782. The lowest BCUT2D eigenvalue weighted by Gasteiger charge is -2.35. The standard InChI is InChI=1S/C19H17N3O2S/c1-22-16-6-4-3-5-14(16)18(23)21-17(22)15-11-25-19(20-15)12-7-9-13(24-2)10-8-12/h3-11,17H,1-2H3,(H,21,23). The lowest BCUT2D eigenvalue weighted by molar-refractivity contribution is 0.0927. The van der Waals surface area contributed by atoms with Crippen molar-refractivity contribution in [3.05, 3.63) is 65.2 Å². The molecule has 3 aromatic rings. The van der Waals surface area contributed by atoms with Gasteiger partial charge in [0.2, 0.25) is 0 Å². The second kappa shape index (κ2) is 6.22. The number of fused-ring (bicyclic) bond motifs is 1. The lowest BCUT2D eigenvalue weighted by Crippen LogP contribution is -2.44. The van der Waals surface area contributed by atoms with Crippen molar-refractivity contribution in [2.24, 2.45) is 0 Å². The van der Waals surface area contributed by atoms with Crippen LogP contribution in [0.25, 0.3) is 10.6 Å². The molecule has 2 heterocycles. The number of thiazole rings is 1. The molecule has 2 aromatic carbocycles. The molecule has 0 spiro atoms. The van der Waals surface area contributed by atoms with E-state index in [1.807, 2.05) is 65.9 Å². The Bertz CT molecular complexity index is 920. The number of para-hydroxylation sites is 1. The highest BCUT2D eigenvalue weighted by Crippen LogP contribution is 2.34. The Labute approximate surface area is 149 Å². The summed E-state index contributed by atoms with van der Waals surface area (Å²) in [5, 5.41) is 5.94.